The lowest BCUT2D eigenvalue weighted by molar-refractivity contribution is 0.127. The highest BCUT2D eigenvalue weighted by Crippen LogP contribution is 1.92. The van der Waals surface area contributed by atoms with Gasteiger partial charge in [-0.3, -0.25) is 9.87 Å². The van der Waals surface area contributed by atoms with Crippen molar-refractivity contribution in [2.24, 2.45) is 0 Å². The van der Waals surface area contributed by atoms with Crippen molar-refractivity contribution in [3.63, 3.8) is 0 Å². The van der Waals surface area contributed by atoms with Crippen molar-refractivity contribution in [1.82, 2.24) is 5.32 Å². The van der Waals surface area contributed by atoms with Crippen molar-refractivity contribution < 1.29 is 18.1 Å². The topological polar surface area (TPSA) is 86.6 Å². The molecule has 1 atom stereocenters. The molecule has 13 heavy (non-hydrogen) atoms. The average molecular weight is 211 g/mol. The molecule has 0 aliphatic heterocycles. The third kappa shape index (κ3) is 9.75. The van der Waals surface area contributed by atoms with Gasteiger partial charge in [-0.2, -0.15) is 8.42 Å². The Labute approximate surface area is 78.9 Å². The third-order valence-electron chi connectivity index (χ3n) is 1.52. The zero-order valence-corrected chi connectivity index (χ0v) is 8.55. The monoisotopic (exact) mass is 211 g/mol. The van der Waals surface area contributed by atoms with E-state index in [0.29, 0.717) is 19.4 Å². The van der Waals surface area contributed by atoms with E-state index in [9.17, 15) is 8.42 Å². The van der Waals surface area contributed by atoms with Crippen LogP contribution in [-0.2, 0) is 10.1 Å². The number of aliphatic hydroxyl groups is 1. The molecule has 0 spiro atoms. The Morgan fingerprint density at radius 1 is 1.46 bits per heavy atom. The van der Waals surface area contributed by atoms with E-state index in [4.69, 9.17) is 9.66 Å². The molecular formula is C7H17NO4S. The van der Waals surface area contributed by atoms with Crippen molar-refractivity contribution in [3.8, 4) is 0 Å². The quantitative estimate of drug-likeness (QED) is 0.313. The van der Waals surface area contributed by atoms with E-state index >= 15 is 0 Å². The largest absolute Gasteiger partial charge is 0.379 e. The summed E-state index contributed by atoms with van der Waals surface area (Å²) in [6.45, 7) is 2.34. The molecule has 3 N–H and O–H groups in total. The summed E-state index contributed by atoms with van der Waals surface area (Å²) in [5, 5.41) is 11.9. The van der Waals surface area contributed by atoms with Crippen LogP contribution in [0.5, 0.6) is 0 Å². The lowest BCUT2D eigenvalue weighted by atomic mass is 10.3. The summed E-state index contributed by atoms with van der Waals surface area (Å²) < 4.78 is 28.9. The minimum Gasteiger partial charge on any atom is -0.379 e. The first-order chi connectivity index (χ1) is 5.95. The van der Waals surface area contributed by atoms with Crippen LogP contribution in [0.25, 0.3) is 0 Å². The van der Waals surface area contributed by atoms with Crippen LogP contribution in [0.15, 0.2) is 0 Å². The highest BCUT2D eigenvalue weighted by atomic mass is 32.2. The first-order valence-electron chi connectivity index (χ1n) is 4.32. The van der Waals surface area contributed by atoms with Crippen molar-refractivity contribution in [1.29, 1.82) is 0 Å². The van der Waals surface area contributed by atoms with Gasteiger partial charge in [0, 0.05) is 0 Å². The van der Waals surface area contributed by atoms with Gasteiger partial charge in [0.15, 0.2) is 0 Å². The molecule has 0 aromatic carbocycles. The molecule has 0 bridgehead atoms. The summed E-state index contributed by atoms with van der Waals surface area (Å²) >= 11 is 0. The summed E-state index contributed by atoms with van der Waals surface area (Å²) in [6.07, 6.45) is 1.24. The van der Waals surface area contributed by atoms with Crippen molar-refractivity contribution in [2.75, 3.05) is 12.3 Å². The number of nitrogens with one attached hydrogen (secondary N) is 1. The average Bonchev–Trinajstić information content (AvgIpc) is 1.97. The third-order valence-corrected chi connectivity index (χ3v) is 2.33. The Morgan fingerprint density at radius 2 is 2.08 bits per heavy atom. The van der Waals surface area contributed by atoms with Gasteiger partial charge in [0.05, 0.1) is 5.75 Å². The Hall–Kier alpha value is -0.170. The van der Waals surface area contributed by atoms with Crippen LogP contribution in [0.1, 0.15) is 26.2 Å². The van der Waals surface area contributed by atoms with Crippen LogP contribution in [0.3, 0.4) is 0 Å². The summed E-state index contributed by atoms with van der Waals surface area (Å²) in [6, 6.07) is 0. The number of hydrogen-bond donors (Lipinski definition) is 3. The Morgan fingerprint density at radius 3 is 2.54 bits per heavy atom. The Bertz CT molecular complexity index is 215. The maximum absolute atomic E-state index is 10.3. The van der Waals surface area contributed by atoms with Crippen LogP contribution in [-0.4, -0.2) is 36.6 Å². The van der Waals surface area contributed by atoms with E-state index in [-0.39, 0.29) is 5.75 Å². The highest BCUT2D eigenvalue weighted by molar-refractivity contribution is 7.85. The summed E-state index contributed by atoms with van der Waals surface area (Å²) in [7, 11) is -3.86. The summed E-state index contributed by atoms with van der Waals surface area (Å²) in [4.78, 5) is 0. The van der Waals surface area contributed by atoms with E-state index in [1.54, 1.807) is 0 Å². The molecule has 0 aromatic heterocycles. The molecule has 0 saturated heterocycles. The lowest BCUT2D eigenvalue weighted by Crippen LogP contribution is -2.30. The number of aliphatic hydroxyl groups excluding tert-OH is 1. The van der Waals surface area contributed by atoms with Crippen molar-refractivity contribution >= 4 is 10.1 Å². The second-order valence-electron chi connectivity index (χ2n) is 2.90. The molecule has 0 aliphatic carbocycles. The Kier molecular flexibility index (Phi) is 6.23. The van der Waals surface area contributed by atoms with Gasteiger partial charge in [0.1, 0.15) is 6.23 Å². The van der Waals surface area contributed by atoms with Crippen LogP contribution in [0, 0.1) is 0 Å². The number of hydrogen-bond acceptors (Lipinski definition) is 4. The predicted octanol–water partition coefficient (Wildman–Crippen LogP) is -0.0276. The molecule has 0 aliphatic rings. The van der Waals surface area contributed by atoms with E-state index in [0.717, 1.165) is 6.42 Å². The molecule has 0 radical (unpaired) electrons. The normalized spacial score (nSPS) is 14.4. The van der Waals surface area contributed by atoms with Gasteiger partial charge in [0.25, 0.3) is 10.1 Å². The standard InChI is InChI=1S/C7H17NO4S/c1-2-4-7(9)8-5-3-6-13(10,11)12/h7-9H,2-6H2,1H3,(H,10,11,12). The maximum Gasteiger partial charge on any atom is 0.264 e. The number of rotatable bonds is 7. The van der Waals surface area contributed by atoms with E-state index in [1.807, 2.05) is 6.92 Å². The van der Waals surface area contributed by atoms with Gasteiger partial charge in [-0.05, 0) is 19.4 Å². The second kappa shape index (κ2) is 6.31. The summed E-state index contributed by atoms with van der Waals surface area (Å²) in [5.41, 5.74) is 0. The van der Waals surface area contributed by atoms with E-state index in [2.05, 4.69) is 5.32 Å². The second-order valence-corrected chi connectivity index (χ2v) is 4.47. The zero-order valence-electron chi connectivity index (χ0n) is 7.73. The fourth-order valence-corrected chi connectivity index (χ4v) is 1.41. The zero-order chi connectivity index (χ0) is 10.3. The highest BCUT2D eigenvalue weighted by Gasteiger charge is 2.05. The van der Waals surface area contributed by atoms with Gasteiger partial charge < -0.3 is 5.11 Å². The summed E-state index contributed by atoms with van der Waals surface area (Å²) in [5.74, 6) is -0.265. The molecule has 0 amide bonds. The maximum atomic E-state index is 10.3. The molecule has 5 nitrogen and oxygen atoms in total. The SMILES string of the molecule is CCCC(O)NCCCS(=O)(=O)O. The lowest BCUT2D eigenvalue weighted by Gasteiger charge is -2.10. The minimum atomic E-state index is -3.86. The van der Waals surface area contributed by atoms with E-state index < -0.39 is 16.3 Å². The molecule has 0 heterocycles. The van der Waals surface area contributed by atoms with E-state index in [1.165, 1.54) is 0 Å². The molecular weight excluding hydrogens is 194 g/mol. The fraction of sp³-hybridized carbons (Fsp3) is 1.00. The van der Waals surface area contributed by atoms with Gasteiger partial charge in [-0.15, -0.1) is 0 Å². The fourth-order valence-electron chi connectivity index (χ4n) is 0.899. The van der Waals surface area contributed by atoms with Crippen LogP contribution in [0.2, 0.25) is 0 Å². The van der Waals surface area contributed by atoms with Crippen LogP contribution < -0.4 is 5.32 Å². The van der Waals surface area contributed by atoms with Crippen LogP contribution in [0.4, 0.5) is 0 Å². The molecule has 6 heteroatoms. The Balaban J connectivity index is 3.36. The molecule has 1 unspecified atom stereocenters. The van der Waals surface area contributed by atoms with Crippen LogP contribution >= 0.6 is 0 Å². The molecule has 0 rings (SSSR count). The van der Waals surface area contributed by atoms with Gasteiger partial charge in [-0.25, -0.2) is 0 Å². The predicted molar refractivity (Wildman–Crippen MR) is 50.0 cm³/mol. The molecule has 0 aromatic rings. The molecule has 80 valence electrons. The minimum absolute atomic E-state index is 0.265. The molecule has 0 fully saturated rings. The first-order valence-corrected chi connectivity index (χ1v) is 5.93. The first kappa shape index (κ1) is 12.8. The smallest absolute Gasteiger partial charge is 0.264 e. The van der Waals surface area contributed by atoms with Gasteiger partial charge in [-0.1, -0.05) is 13.3 Å². The molecule has 0 saturated carbocycles. The van der Waals surface area contributed by atoms with Crippen molar-refractivity contribution in [2.45, 2.75) is 32.4 Å². The van der Waals surface area contributed by atoms with Gasteiger partial charge in [0.2, 0.25) is 0 Å². The van der Waals surface area contributed by atoms with Crippen molar-refractivity contribution in [3.05, 3.63) is 0 Å². The van der Waals surface area contributed by atoms with Gasteiger partial charge >= 0.3 is 0 Å².